The number of benzene rings is 1. The van der Waals surface area contributed by atoms with E-state index in [1.54, 1.807) is 21.7 Å². The van der Waals surface area contributed by atoms with E-state index in [1.165, 1.54) is 22.0 Å². The molecule has 0 bridgehead atoms. The predicted octanol–water partition coefficient (Wildman–Crippen LogP) is 3.72. The molecule has 6 rings (SSSR count). The molecule has 14 nitrogen and oxygen atoms in total. The van der Waals surface area contributed by atoms with Gasteiger partial charge < -0.3 is 39.6 Å². The van der Waals surface area contributed by atoms with E-state index in [0.29, 0.717) is 64.4 Å². The van der Waals surface area contributed by atoms with Crippen LogP contribution in [0.25, 0.3) is 11.3 Å². The second-order valence-electron chi connectivity index (χ2n) is 14.7. The van der Waals surface area contributed by atoms with Crippen molar-refractivity contribution in [3.05, 3.63) is 66.7 Å². The number of β-amino-alcohol motifs (C(OH)–C–C–N with tert-alkyl or cyclic N) is 1. The van der Waals surface area contributed by atoms with Crippen molar-refractivity contribution in [2.75, 3.05) is 59.0 Å². The number of aliphatic hydroxyl groups excluding tert-OH is 1. The van der Waals surface area contributed by atoms with Crippen molar-refractivity contribution in [3.8, 4) is 11.3 Å². The van der Waals surface area contributed by atoms with Crippen LogP contribution in [-0.4, -0.2) is 131 Å². The molecule has 0 radical (unpaired) electrons. The first kappa shape index (κ1) is 40.9. The first-order valence-corrected chi connectivity index (χ1v) is 19.3. The van der Waals surface area contributed by atoms with E-state index in [4.69, 9.17) is 14.5 Å². The highest BCUT2D eigenvalue weighted by Gasteiger charge is 2.45. The summed E-state index contributed by atoms with van der Waals surface area (Å²) in [6.45, 7) is 5.77. The summed E-state index contributed by atoms with van der Waals surface area (Å²) in [4.78, 5) is 59.8. The molecule has 3 saturated heterocycles. The summed E-state index contributed by atoms with van der Waals surface area (Å²) in [7, 11) is 0. The molecule has 5 atom stereocenters. The Kier molecular flexibility index (Phi) is 13.8. The van der Waals surface area contributed by atoms with E-state index in [2.05, 4.69) is 17.2 Å². The van der Waals surface area contributed by atoms with Crippen LogP contribution in [0.1, 0.15) is 50.4 Å². The zero-order valence-electron chi connectivity index (χ0n) is 31.3. The third-order valence-corrected chi connectivity index (χ3v) is 10.8. The Morgan fingerprint density at radius 2 is 1.86 bits per heavy atom. The van der Waals surface area contributed by atoms with Crippen LogP contribution in [0.2, 0.25) is 0 Å². The predicted molar refractivity (Wildman–Crippen MR) is 198 cm³/mol. The fourth-order valence-electron chi connectivity index (χ4n) is 7.83. The molecule has 4 aliphatic rings. The van der Waals surface area contributed by atoms with Crippen molar-refractivity contribution in [1.29, 1.82) is 0 Å². The zero-order chi connectivity index (χ0) is 39.8. The SMILES string of the molecule is C=CCn1cc(-c2cc(F)ccc2F)nc1C(C1CCOCC1)N(CC1CNCC1F)C(=O)N1CC(O)C(OC(=O)NCCCCCCN2C(=O)C=CC2=O)C1. The average Bonchev–Trinajstić information content (AvgIpc) is 3.96. The monoisotopic (exact) mass is 785 g/mol. The number of alkyl halides is 1. The summed E-state index contributed by atoms with van der Waals surface area (Å²) in [5.74, 6) is -2.30. The normalized spacial score (nSPS) is 23.2. The first-order chi connectivity index (χ1) is 27.0. The highest BCUT2D eigenvalue weighted by atomic mass is 19.1. The standard InChI is InChI=1S/C39H50F3N7O7/c1-2-14-46-22-31(28-18-27(40)7-8-29(28)41)45-37(46)36(25-11-16-55-17-12-25)49(21-26-19-43-20-30(26)42)39(54)47-23-32(50)33(24-47)56-38(53)44-13-5-3-4-6-15-48-34(51)9-10-35(48)52/h2,7-10,18,22,25-26,30,32-33,36,43,50H,1,3-6,11-17,19-21,23-24H2,(H,44,53). The van der Waals surface area contributed by atoms with Gasteiger partial charge in [-0.2, -0.15) is 0 Å². The molecule has 1 aromatic carbocycles. The highest BCUT2D eigenvalue weighted by Crippen LogP contribution is 2.39. The number of urea groups is 1. The van der Waals surface area contributed by atoms with Gasteiger partial charge in [0.05, 0.1) is 24.8 Å². The second-order valence-corrected chi connectivity index (χ2v) is 14.7. The van der Waals surface area contributed by atoms with Crippen LogP contribution < -0.4 is 10.6 Å². The van der Waals surface area contributed by atoms with Gasteiger partial charge in [-0.25, -0.2) is 27.7 Å². The molecule has 56 heavy (non-hydrogen) atoms. The number of hydrogen-bond acceptors (Lipinski definition) is 9. The maximum Gasteiger partial charge on any atom is 0.407 e. The van der Waals surface area contributed by atoms with E-state index in [-0.39, 0.29) is 61.7 Å². The summed E-state index contributed by atoms with van der Waals surface area (Å²) in [6, 6.07) is 1.85. The van der Waals surface area contributed by atoms with Crippen molar-refractivity contribution in [3.63, 3.8) is 0 Å². The number of unbranched alkanes of at least 4 members (excludes halogenated alkanes) is 3. The Balaban J connectivity index is 1.15. The molecule has 0 saturated carbocycles. The Labute approximate surface area is 323 Å². The molecular formula is C39H50F3N7O7. The van der Waals surface area contributed by atoms with Crippen LogP contribution in [0.3, 0.4) is 0 Å². The molecule has 3 fully saturated rings. The molecule has 5 amide bonds. The first-order valence-electron chi connectivity index (χ1n) is 19.3. The molecule has 1 aromatic heterocycles. The second kappa shape index (κ2) is 18.9. The van der Waals surface area contributed by atoms with Gasteiger partial charge in [-0.15, -0.1) is 6.58 Å². The minimum absolute atomic E-state index is 0.000225. The largest absolute Gasteiger partial charge is 0.442 e. The lowest BCUT2D eigenvalue weighted by Gasteiger charge is -2.41. The van der Waals surface area contributed by atoms with Gasteiger partial charge >= 0.3 is 12.1 Å². The van der Waals surface area contributed by atoms with Gasteiger partial charge in [0.25, 0.3) is 11.8 Å². The number of imidazole rings is 1. The van der Waals surface area contributed by atoms with E-state index in [0.717, 1.165) is 31.0 Å². The van der Waals surface area contributed by atoms with Gasteiger partial charge in [-0.1, -0.05) is 18.9 Å². The number of halogens is 3. The zero-order valence-corrected chi connectivity index (χ0v) is 31.3. The number of nitrogens with zero attached hydrogens (tertiary/aromatic N) is 5. The highest BCUT2D eigenvalue weighted by molar-refractivity contribution is 6.12. The molecule has 5 heterocycles. The van der Waals surface area contributed by atoms with E-state index < -0.39 is 54.1 Å². The number of amides is 5. The van der Waals surface area contributed by atoms with Gasteiger partial charge in [-0.3, -0.25) is 14.5 Å². The number of carbonyl (C=O) groups is 4. The van der Waals surface area contributed by atoms with Crippen LogP contribution >= 0.6 is 0 Å². The van der Waals surface area contributed by atoms with E-state index in [1.807, 2.05) is 0 Å². The van der Waals surface area contributed by atoms with Crippen molar-refractivity contribution < 1.29 is 46.9 Å². The smallest absolute Gasteiger partial charge is 0.407 e. The summed E-state index contributed by atoms with van der Waals surface area (Å²) in [5.41, 5.74) is 0.117. The van der Waals surface area contributed by atoms with Gasteiger partial charge in [0.2, 0.25) is 0 Å². The maximum absolute atomic E-state index is 15.3. The summed E-state index contributed by atoms with van der Waals surface area (Å²) >= 11 is 0. The lowest BCUT2D eigenvalue weighted by atomic mass is 9.89. The van der Waals surface area contributed by atoms with Gasteiger partial charge in [0, 0.05) is 82.3 Å². The van der Waals surface area contributed by atoms with Gasteiger partial charge in [0.15, 0.2) is 0 Å². The van der Waals surface area contributed by atoms with Crippen LogP contribution in [0.5, 0.6) is 0 Å². The Morgan fingerprint density at radius 1 is 1.11 bits per heavy atom. The van der Waals surface area contributed by atoms with Crippen LogP contribution in [0, 0.1) is 23.5 Å². The summed E-state index contributed by atoms with van der Waals surface area (Å²) in [5, 5.41) is 16.7. The molecule has 5 unspecified atom stereocenters. The minimum Gasteiger partial charge on any atom is -0.442 e. The number of nitrogens with one attached hydrogen (secondary N) is 2. The average molecular weight is 786 g/mol. The molecule has 0 spiro atoms. The molecule has 3 N–H and O–H groups in total. The topological polar surface area (TPSA) is 159 Å². The lowest BCUT2D eigenvalue weighted by Crippen LogP contribution is -2.50. The number of imide groups is 1. The minimum atomic E-state index is -1.23. The van der Waals surface area contributed by atoms with Crippen molar-refractivity contribution >= 4 is 23.9 Å². The third-order valence-electron chi connectivity index (χ3n) is 10.8. The fourth-order valence-corrected chi connectivity index (χ4v) is 7.83. The van der Waals surface area contributed by atoms with Gasteiger partial charge in [0.1, 0.15) is 35.8 Å². The van der Waals surface area contributed by atoms with Crippen LogP contribution in [-0.2, 0) is 25.6 Å². The number of aromatic nitrogens is 2. The number of rotatable bonds is 16. The van der Waals surface area contributed by atoms with Crippen LogP contribution in [0.4, 0.5) is 22.8 Å². The molecule has 17 heteroatoms. The molecule has 0 aliphatic carbocycles. The van der Waals surface area contributed by atoms with Crippen molar-refractivity contribution in [1.82, 2.24) is 34.9 Å². The number of likely N-dealkylation sites (tertiary alicyclic amines) is 1. The number of allylic oxidation sites excluding steroid dienone is 1. The lowest BCUT2D eigenvalue weighted by molar-refractivity contribution is -0.136. The molecule has 4 aliphatic heterocycles. The Bertz CT molecular complexity index is 1750. The number of aliphatic hydroxyl groups is 1. The Hall–Kier alpha value is -4.74. The molecular weight excluding hydrogens is 735 g/mol. The van der Waals surface area contributed by atoms with Crippen molar-refractivity contribution in [2.45, 2.75) is 69.5 Å². The van der Waals surface area contributed by atoms with Crippen LogP contribution in [0.15, 0.2) is 49.2 Å². The summed E-state index contributed by atoms with van der Waals surface area (Å²) < 4.78 is 57.6. The molecule has 304 valence electrons. The summed E-state index contributed by atoms with van der Waals surface area (Å²) in [6.07, 6.45) is 5.37. The molecule has 2 aromatic rings. The Morgan fingerprint density at radius 3 is 2.57 bits per heavy atom. The number of ether oxygens (including phenoxy) is 2. The fraction of sp³-hybridized carbons (Fsp3) is 0.564. The van der Waals surface area contributed by atoms with E-state index >= 15 is 8.78 Å². The number of alkyl carbamates (subject to hydrolysis) is 1. The third kappa shape index (κ3) is 9.79. The number of hydrogen-bond donors (Lipinski definition) is 3. The van der Waals surface area contributed by atoms with Gasteiger partial charge in [-0.05, 0) is 49.8 Å². The van der Waals surface area contributed by atoms with E-state index in [9.17, 15) is 28.7 Å². The van der Waals surface area contributed by atoms with Crippen molar-refractivity contribution in [2.24, 2.45) is 11.8 Å². The number of carbonyl (C=O) groups excluding carboxylic acids is 4. The quantitative estimate of drug-likeness (QED) is 0.131. The maximum atomic E-state index is 15.3.